The Kier molecular flexibility index (Phi) is 2.95. The van der Waals surface area contributed by atoms with Gasteiger partial charge in [0, 0.05) is 13.2 Å². The van der Waals surface area contributed by atoms with Crippen molar-refractivity contribution in [2.45, 2.75) is 25.1 Å². The predicted molar refractivity (Wildman–Crippen MR) is 37.6 cm³/mol. The van der Waals surface area contributed by atoms with Crippen LogP contribution < -0.4 is 5.73 Å². The molecule has 0 spiro atoms. The fraction of sp³-hybridized carbons (Fsp3) is 1.00. The highest BCUT2D eigenvalue weighted by atomic mass is 19.4. The molecule has 1 heterocycles. The van der Waals surface area contributed by atoms with Gasteiger partial charge in [-0.25, -0.2) is 0 Å². The number of rotatable bonds is 1. The Bertz CT molecular complexity index is 142. The Labute approximate surface area is 68.9 Å². The number of nitrogens with two attached hydrogens (primary N) is 1. The summed E-state index contributed by atoms with van der Waals surface area (Å²) in [5, 5.41) is 0. The molecule has 1 aliphatic heterocycles. The largest absolute Gasteiger partial charge is 0.403 e. The Hall–Kier alpha value is -0.290. The van der Waals surface area contributed by atoms with E-state index in [2.05, 4.69) is 0 Å². The van der Waals surface area contributed by atoms with Crippen LogP contribution in [0.2, 0.25) is 0 Å². The van der Waals surface area contributed by atoms with Gasteiger partial charge < -0.3 is 10.5 Å². The molecule has 1 aliphatic rings. The first-order valence-corrected chi connectivity index (χ1v) is 3.92. The van der Waals surface area contributed by atoms with Crippen LogP contribution in [0.5, 0.6) is 0 Å². The predicted octanol–water partition coefficient (Wildman–Crippen LogP) is 1.30. The van der Waals surface area contributed by atoms with Crippen LogP contribution in [0, 0.1) is 5.92 Å². The fourth-order valence-corrected chi connectivity index (χ4v) is 1.34. The van der Waals surface area contributed by atoms with Crippen molar-refractivity contribution in [2.24, 2.45) is 11.7 Å². The van der Waals surface area contributed by atoms with E-state index in [1.807, 2.05) is 0 Å². The lowest BCUT2D eigenvalue weighted by Gasteiger charge is -2.28. The zero-order valence-electron chi connectivity index (χ0n) is 6.60. The minimum Gasteiger partial charge on any atom is -0.381 e. The molecular weight excluding hydrogens is 171 g/mol. The molecule has 12 heavy (non-hydrogen) atoms. The van der Waals surface area contributed by atoms with Crippen LogP contribution in [-0.2, 0) is 4.74 Å². The van der Waals surface area contributed by atoms with Gasteiger partial charge in [0.2, 0.25) is 0 Å². The van der Waals surface area contributed by atoms with Gasteiger partial charge in [-0.15, -0.1) is 0 Å². The Morgan fingerprint density at radius 3 is 2.17 bits per heavy atom. The van der Waals surface area contributed by atoms with Crippen LogP contribution in [0.3, 0.4) is 0 Å². The molecule has 1 rings (SSSR count). The van der Waals surface area contributed by atoms with Gasteiger partial charge in [-0.1, -0.05) is 0 Å². The van der Waals surface area contributed by atoms with E-state index in [0.29, 0.717) is 26.1 Å². The fourth-order valence-electron chi connectivity index (χ4n) is 1.34. The summed E-state index contributed by atoms with van der Waals surface area (Å²) in [4.78, 5) is 0. The third-order valence-corrected chi connectivity index (χ3v) is 2.15. The summed E-state index contributed by atoms with van der Waals surface area (Å²) in [6, 6.07) is -1.68. The van der Waals surface area contributed by atoms with E-state index >= 15 is 0 Å². The second kappa shape index (κ2) is 3.62. The maximum atomic E-state index is 12.1. The van der Waals surface area contributed by atoms with E-state index in [4.69, 9.17) is 10.5 Å². The SMILES string of the molecule is N[C@@H](C1CCOCC1)C(F)(F)F. The van der Waals surface area contributed by atoms with Gasteiger partial charge in [-0.2, -0.15) is 13.2 Å². The molecule has 0 aromatic rings. The lowest BCUT2D eigenvalue weighted by Crippen LogP contribution is -2.45. The number of hydrogen-bond acceptors (Lipinski definition) is 2. The highest BCUT2D eigenvalue weighted by Gasteiger charge is 2.42. The van der Waals surface area contributed by atoms with E-state index < -0.39 is 18.1 Å². The normalized spacial score (nSPS) is 24.0. The molecule has 2 nitrogen and oxygen atoms in total. The van der Waals surface area contributed by atoms with Crippen molar-refractivity contribution in [1.82, 2.24) is 0 Å². The standard InChI is InChI=1S/C7H12F3NO/c8-7(9,10)6(11)5-1-3-12-4-2-5/h5-6H,1-4,11H2/t6-/m0/s1. The molecule has 0 radical (unpaired) electrons. The van der Waals surface area contributed by atoms with Crippen molar-refractivity contribution in [3.8, 4) is 0 Å². The number of alkyl halides is 3. The number of hydrogen-bond donors (Lipinski definition) is 1. The first-order valence-electron chi connectivity index (χ1n) is 3.92. The van der Waals surface area contributed by atoms with Gasteiger partial charge in [0.15, 0.2) is 0 Å². The minimum atomic E-state index is -4.26. The average molecular weight is 183 g/mol. The topological polar surface area (TPSA) is 35.2 Å². The van der Waals surface area contributed by atoms with Crippen LogP contribution in [-0.4, -0.2) is 25.4 Å². The van der Waals surface area contributed by atoms with Crippen molar-refractivity contribution in [1.29, 1.82) is 0 Å². The lowest BCUT2D eigenvalue weighted by molar-refractivity contribution is -0.165. The summed E-state index contributed by atoms with van der Waals surface area (Å²) < 4.78 is 41.1. The van der Waals surface area contributed by atoms with Crippen LogP contribution in [0.4, 0.5) is 13.2 Å². The van der Waals surface area contributed by atoms with Crippen LogP contribution >= 0.6 is 0 Å². The second-order valence-electron chi connectivity index (χ2n) is 3.02. The van der Waals surface area contributed by atoms with Crippen molar-refractivity contribution in [3.63, 3.8) is 0 Å². The van der Waals surface area contributed by atoms with E-state index in [9.17, 15) is 13.2 Å². The van der Waals surface area contributed by atoms with Crippen LogP contribution in [0.1, 0.15) is 12.8 Å². The third kappa shape index (κ3) is 2.35. The molecule has 0 bridgehead atoms. The molecule has 1 fully saturated rings. The van der Waals surface area contributed by atoms with Crippen molar-refractivity contribution in [3.05, 3.63) is 0 Å². The maximum Gasteiger partial charge on any atom is 0.403 e. The van der Waals surface area contributed by atoms with Crippen LogP contribution in [0.25, 0.3) is 0 Å². The molecule has 72 valence electrons. The molecule has 0 aromatic heterocycles. The molecule has 0 aromatic carbocycles. The van der Waals surface area contributed by atoms with E-state index in [1.165, 1.54) is 0 Å². The van der Waals surface area contributed by atoms with E-state index in [-0.39, 0.29) is 0 Å². The van der Waals surface area contributed by atoms with Gasteiger partial charge >= 0.3 is 6.18 Å². The highest BCUT2D eigenvalue weighted by Crippen LogP contribution is 2.29. The van der Waals surface area contributed by atoms with E-state index in [0.717, 1.165) is 0 Å². The van der Waals surface area contributed by atoms with Gasteiger partial charge in [0.1, 0.15) is 6.04 Å². The number of halogens is 3. The Balaban J connectivity index is 2.45. The quantitative estimate of drug-likeness (QED) is 0.665. The summed E-state index contributed by atoms with van der Waals surface area (Å²) in [6.45, 7) is 0.795. The Morgan fingerprint density at radius 2 is 1.75 bits per heavy atom. The van der Waals surface area contributed by atoms with Crippen molar-refractivity contribution in [2.75, 3.05) is 13.2 Å². The van der Waals surface area contributed by atoms with Crippen molar-refractivity contribution >= 4 is 0 Å². The van der Waals surface area contributed by atoms with Gasteiger partial charge in [0.25, 0.3) is 0 Å². The number of ether oxygens (including phenoxy) is 1. The molecule has 1 atom stereocenters. The Morgan fingerprint density at radius 1 is 1.25 bits per heavy atom. The van der Waals surface area contributed by atoms with Gasteiger partial charge in [-0.3, -0.25) is 0 Å². The zero-order valence-corrected chi connectivity index (χ0v) is 6.60. The summed E-state index contributed by atoms with van der Waals surface area (Å²) in [5.74, 6) is -0.459. The summed E-state index contributed by atoms with van der Waals surface area (Å²) >= 11 is 0. The van der Waals surface area contributed by atoms with Gasteiger partial charge in [0.05, 0.1) is 0 Å². The zero-order chi connectivity index (χ0) is 9.19. The molecule has 2 N–H and O–H groups in total. The first kappa shape index (κ1) is 9.80. The molecular formula is C7H12F3NO. The monoisotopic (exact) mass is 183 g/mol. The first-order chi connectivity index (χ1) is 5.52. The van der Waals surface area contributed by atoms with Gasteiger partial charge in [-0.05, 0) is 18.8 Å². The molecule has 0 saturated carbocycles. The smallest absolute Gasteiger partial charge is 0.381 e. The van der Waals surface area contributed by atoms with Crippen molar-refractivity contribution < 1.29 is 17.9 Å². The summed E-state index contributed by atoms with van der Waals surface area (Å²) in [7, 11) is 0. The molecule has 5 heteroatoms. The lowest BCUT2D eigenvalue weighted by atomic mass is 9.92. The molecule has 0 unspecified atom stereocenters. The second-order valence-corrected chi connectivity index (χ2v) is 3.02. The molecule has 0 amide bonds. The maximum absolute atomic E-state index is 12.1. The molecule has 1 saturated heterocycles. The summed E-state index contributed by atoms with van der Waals surface area (Å²) in [5.41, 5.74) is 5.04. The summed E-state index contributed by atoms with van der Waals surface area (Å²) in [6.07, 6.45) is -3.43. The highest BCUT2D eigenvalue weighted by molar-refractivity contribution is 4.80. The molecule has 0 aliphatic carbocycles. The minimum absolute atomic E-state index is 0.397. The third-order valence-electron chi connectivity index (χ3n) is 2.15. The van der Waals surface area contributed by atoms with E-state index in [1.54, 1.807) is 0 Å². The average Bonchev–Trinajstić information content (AvgIpc) is 2.03. The van der Waals surface area contributed by atoms with Crippen LogP contribution in [0.15, 0.2) is 0 Å².